The molecule has 0 radical (unpaired) electrons. The molecule has 1 N–H and O–H groups in total. The molecular formula is C27H26F8N2O3S2. The number of carbonyl (C=O) groups is 1. The van der Waals surface area contributed by atoms with Gasteiger partial charge in [-0.25, -0.2) is 17.2 Å². The van der Waals surface area contributed by atoms with Crippen molar-refractivity contribution in [1.82, 2.24) is 4.90 Å². The van der Waals surface area contributed by atoms with E-state index >= 15 is 0 Å². The van der Waals surface area contributed by atoms with Crippen LogP contribution in [0.5, 0.6) is 0 Å². The zero-order chi connectivity index (χ0) is 30.9. The van der Waals surface area contributed by atoms with Gasteiger partial charge < -0.3 is 4.90 Å². The predicted octanol–water partition coefficient (Wildman–Crippen LogP) is 6.12. The average molecular weight is 643 g/mol. The van der Waals surface area contributed by atoms with Gasteiger partial charge in [-0.15, -0.1) is 10.7 Å². The van der Waals surface area contributed by atoms with E-state index in [-0.39, 0.29) is 42.8 Å². The number of halogens is 8. The highest BCUT2D eigenvalue weighted by molar-refractivity contribution is 7.92. The quantitative estimate of drug-likeness (QED) is 0.409. The van der Waals surface area contributed by atoms with Gasteiger partial charge in [-0.05, 0) is 61.4 Å². The van der Waals surface area contributed by atoms with Gasteiger partial charge in [-0.2, -0.15) is 26.3 Å². The number of hydrogen-bond donors (Lipinski definition) is 1. The fourth-order valence-corrected chi connectivity index (χ4v) is 10.4. The van der Waals surface area contributed by atoms with Crippen LogP contribution in [0.4, 0.5) is 35.1 Å². The molecule has 15 heteroatoms. The van der Waals surface area contributed by atoms with Gasteiger partial charge in [0.1, 0.15) is 10.6 Å². The molecule has 1 amide bonds. The van der Waals surface area contributed by atoms with E-state index in [2.05, 4.69) is 0 Å². The minimum Gasteiger partial charge on any atom is -0.337 e. The summed E-state index contributed by atoms with van der Waals surface area (Å²) >= 11 is 0. The molecule has 42 heavy (non-hydrogen) atoms. The molecule has 5 rings (SSSR count). The number of nitrogens with zero attached hydrogens (tertiary/aromatic N) is 1. The molecule has 2 heterocycles. The van der Waals surface area contributed by atoms with Crippen molar-refractivity contribution < 1.29 is 48.3 Å². The van der Waals surface area contributed by atoms with Crippen molar-refractivity contribution in [2.24, 2.45) is 5.92 Å². The molecule has 2 aromatic carbocycles. The molecule has 2 atom stereocenters. The van der Waals surface area contributed by atoms with Crippen LogP contribution in [-0.4, -0.2) is 55.7 Å². The van der Waals surface area contributed by atoms with Gasteiger partial charge in [0.25, 0.3) is 0 Å². The van der Waals surface area contributed by atoms with E-state index < -0.39 is 71.5 Å². The Labute approximate surface area is 239 Å². The smallest absolute Gasteiger partial charge is 0.337 e. The lowest BCUT2D eigenvalue weighted by molar-refractivity contribution is -0.348. The van der Waals surface area contributed by atoms with Crippen molar-refractivity contribution in [2.75, 3.05) is 18.1 Å². The molecule has 0 aromatic heterocycles. The van der Waals surface area contributed by atoms with Crippen molar-refractivity contribution in [3.05, 3.63) is 65.0 Å². The first-order valence-electron chi connectivity index (χ1n) is 13.1. The van der Waals surface area contributed by atoms with Crippen molar-refractivity contribution in [2.45, 2.75) is 65.8 Å². The Balaban J connectivity index is 1.67. The Morgan fingerprint density at radius 1 is 0.952 bits per heavy atom. The van der Waals surface area contributed by atoms with Gasteiger partial charge in [0.15, 0.2) is 9.84 Å². The van der Waals surface area contributed by atoms with Crippen LogP contribution < -0.4 is 0 Å². The van der Waals surface area contributed by atoms with Crippen molar-refractivity contribution in [3.8, 4) is 0 Å². The second-order valence-corrected chi connectivity index (χ2v) is 14.9. The summed E-state index contributed by atoms with van der Waals surface area (Å²) in [6, 6.07) is 4.51. The summed E-state index contributed by atoms with van der Waals surface area (Å²) in [4.78, 5) is 14.6. The molecule has 5 nitrogen and oxygen atoms in total. The van der Waals surface area contributed by atoms with Crippen LogP contribution in [0.3, 0.4) is 0 Å². The Morgan fingerprint density at radius 2 is 1.60 bits per heavy atom. The molecule has 230 valence electrons. The number of benzene rings is 2. The van der Waals surface area contributed by atoms with Gasteiger partial charge in [0.05, 0.1) is 10.9 Å². The minimum absolute atomic E-state index is 0.0690. The van der Waals surface area contributed by atoms with Gasteiger partial charge in [0, 0.05) is 29.5 Å². The Hall–Kier alpha value is -2.55. The number of rotatable bonds is 4. The first-order chi connectivity index (χ1) is 19.4. The molecule has 0 bridgehead atoms. The third kappa shape index (κ3) is 4.56. The number of aryl methyl sites for hydroxylation is 1. The van der Waals surface area contributed by atoms with E-state index in [1.807, 2.05) is 0 Å². The minimum atomic E-state index is -6.35. The SMILES string of the molecule is N=S1CCC(C(=O)N2CCC3(S(=O)(=O)c4cccc(F)c4)c4ccc(C(F)(C(F)(F)F)C(F)(F)F)cc4CCC23)CC1. The van der Waals surface area contributed by atoms with Gasteiger partial charge in [-0.1, -0.05) is 24.3 Å². The van der Waals surface area contributed by atoms with Crippen LogP contribution in [0.2, 0.25) is 0 Å². The Bertz CT molecular complexity index is 1520. The van der Waals surface area contributed by atoms with E-state index in [9.17, 15) is 48.3 Å². The van der Waals surface area contributed by atoms with E-state index in [0.717, 1.165) is 30.3 Å². The van der Waals surface area contributed by atoms with Gasteiger partial charge >= 0.3 is 18.0 Å². The van der Waals surface area contributed by atoms with E-state index in [4.69, 9.17) is 4.78 Å². The van der Waals surface area contributed by atoms with Crippen LogP contribution in [0, 0.1) is 16.5 Å². The number of alkyl halides is 7. The molecule has 1 aliphatic carbocycles. The molecule has 2 aromatic rings. The first-order valence-corrected chi connectivity index (χ1v) is 16.2. The zero-order valence-corrected chi connectivity index (χ0v) is 23.5. The van der Waals surface area contributed by atoms with Crippen LogP contribution in [0.25, 0.3) is 0 Å². The lowest BCUT2D eigenvalue weighted by atomic mass is 9.76. The number of fused-ring (bicyclic) bond motifs is 3. The fourth-order valence-electron chi connectivity index (χ4n) is 6.64. The third-order valence-corrected chi connectivity index (χ3v) is 12.7. The number of likely N-dealkylation sites (tertiary alicyclic amines) is 1. The number of carbonyl (C=O) groups excluding carboxylic acids is 1. The Morgan fingerprint density at radius 3 is 2.19 bits per heavy atom. The molecule has 0 saturated carbocycles. The molecule has 0 spiro atoms. The first kappa shape index (κ1) is 30.9. The highest BCUT2D eigenvalue weighted by atomic mass is 32.2. The van der Waals surface area contributed by atoms with Gasteiger partial charge in [-0.3, -0.25) is 9.57 Å². The van der Waals surface area contributed by atoms with Crippen LogP contribution in [0.1, 0.15) is 42.4 Å². The largest absolute Gasteiger partial charge is 0.435 e. The molecule has 2 saturated heterocycles. The number of amides is 1. The maximum Gasteiger partial charge on any atom is 0.435 e. The van der Waals surface area contributed by atoms with Crippen LogP contribution >= 0.6 is 0 Å². The average Bonchev–Trinajstić information content (AvgIpc) is 3.33. The summed E-state index contributed by atoms with van der Waals surface area (Å²) in [5.74, 6) is -0.647. The highest BCUT2D eigenvalue weighted by Crippen LogP contribution is 2.57. The van der Waals surface area contributed by atoms with Crippen molar-refractivity contribution >= 4 is 26.4 Å². The van der Waals surface area contributed by atoms with E-state index in [1.54, 1.807) is 0 Å². The van der Waals surface area contributed by atoms with E-state index in [1.165, 1.54) is 4.90 Å². The van der Waals surface area contributed by atoms with Crippen LogP contribution in [-0.2, 0) is 42.2 Å². The summed E-state index contributed by atoms with van der Waals surface area (Å²) in [6.07, 6.45) is -12.4. The van der Waals surface area contributed by atoms with E-state index in [0.29, 0.717) is 36.5 Å². The fraction of sp³-hybridized carbons (Fsp3) is 0.519. The van der Waals surface area contributed by atoms with Crippen molar-refractivity contribution in [3.63, 3.8) is 0 Å². The maximum absolute atomic E-state index is 14.9. The summed E-state index contributed by atoms with van der Waals surface area (Å²) in [7, 11) is -5.19. The van der Waals surface area contributed by atoms with Crippen LogP contribution in [0.15, 0.2) is 47.4 Å². The van der Waals surface area contributed by atoms with Gasteiger partial charge in [0.2, 0.25) is 5.91 Å². The maximum atomic E-state index is 14.9. The second-order valence-electron chi connectivity index (χ2n) is 10.9. The summed E-state index contributed by atoms with van der Waals surface area (Å²) in [6.45, 7) is -0.0690. The lowest BCUT2D eigenvalue weighted by Crippen LogP contribution is -2.54. The number of nitrogens with one attached hydrogen (secondary N) is 1. The molecular weight excluding hydrogens is 616 g/mol. The number of sulfone groups is 1. The third-order valence-electron chi connectivity index (χ3n) is 8.71. The zero-order valence-electron chi connectivity index (χ0n) is 21.9. The lowest BCUT2D eigenvalue weighted by Gasteiger charge is -2.43. The molecule has 2 aliphatic heterocycles. The Kier molecular flexibility index (Phi) is 7.56. The topological polar surface area (TPSA) is 78.3 Å². The summed E-state index contributed by atoms with van der Waals surface area (Å²) < 4.78 is 145. The summed E-state index contributed by atoms with van der Waals surface area (Å²) in [5.41, 5.74) is -7.78. The molecule has 2 fully saturated rings. The molecule has 2 unspecified atom stereocenters. The second kappa shape index (κ2) is 10.3. The molecule has 3 aliphatic rings. The monoisotopic (exact) mass is 642 g/mol. The standard InChI is InChI=1S/C27H26F8N2O3S2/c28-19-2-1-3-20(15-19)42(39,40)24-10-11-37(23(38)16-8-12-41(36)13-9-16)22(24)7-4-17-14-18(5-6-21(17)24)25(29,26(30,31)32)27(33,34)35/h1-3,5-6,14-16,22,36H,4,7-13H2. The summed E-state index contributed by atoms with van der Waals surface area (Å²) in [5, 5.41) is 0. The highest BCUT2D eigenvalue weighted by Gasteiger charge is 2.74. The normalized spacial score (nSPS) is 27.0. The predicted molar refractivity (Wildman–Crippen MR) is 138 cm³/mol. The number of hydrogen-bond acceptors (Lipinski definition) is 4. The van der Waals surface area contributed by atoms with Crippen molar-refractivity contribution in [1.29, 1.82) is 4.78 Å².